The Hall–Kier alpha value is -3.04. The first-order valence-electron chi connectivity index (χ1n) is 10.9. The Morgan fingerprint density at radius 2 is 2.03 bits per heavy atom. The Bertz CT molecular complexity index is 1190. The fourth-order valence-electron chi connectivity index (χ4n) is 3.43. The molecule has 0 aliphatic carbocycles. The molecule has 0 spiro atoms. The predicted octanol–water partition coefficient (Wildman–Crippen LogP) is 3.35. The fourth-order valence-corrected chi connectivity index (χ4v) is 4.28. The maximum atomic E-state index is 13.1. The number of hydrogen-bond acceptors (Lipinski definition) is 7. The molecule has 1 aromatic heterocycles. The highest BCUT2D eigenvalue weighted by molar-refractivity contribution is 7.99. The SMILES string of the molecule is CC(C)OCCCn1c(SCC(=O)NCc2ccc3c(c2)OCO3)nc2ccccc2c1=O. The molecular weight excluding hydrogens is 442 g/mol. The molecule has 0 atom stereocenters. The van der Waals surface area contributed by atoms with E-state index in [1.54, 1.807) is 10.6 Å². The quantitative estimate of drug-likeness (QED) is 0.277. The number of benzene rings is 2. The summed E-state index contributed by atoms with van der Waals surface area (Å²) in [5, 5.41) is 4.00. The summed E-state index contributed by atoms with van der Waals surface area (Å²) >= 11 is 1.26. The zero-order valence-electron chi connectivity index (χ0n) is 18.7. The van der Waals surface area contributed by atoms with Crippen LogP contribution in [-0.2, 0) is 22.6 Å². The van der Waals surface area contributed by atoms with Crippen molar-refractivity contribution in [1.29, 1.82) is 0 Å². The average Bonchev–Trinajstić information content (AvgIpc) is 3.28. The molecular formula is C24H27N3O5S. The van der Waals surface area contributed by atoms with Crippen LogP contribution in [0.25, 0.3) is 10.9 Å². The molecule has 0 bridgehead atoms. The Morgan fingerprint density at radius 3 is 2.88 bits per heavy atom. The summed E-state index contributed by atoms with van der Waals surface area (Å²) in [5.41, 5.74) is 1.44. The van der Waals surface area contributed by atoms with Crippen LogP contribution in [0.1, 0.15) is 25.8 Å². The van der Waals surface area contributed by atoms with Gasteiger partial charge in [0.25, 0.3) is 5.56 Å². The molecule has 0 saturated heterocycles. The smallest absolute Gasteiger partial charge is 0.262 e. The third kappa shape index (κ3) is 5.85. The van der Waals surface area contributed by atoms with Gasteiger partial charge in [-0.1, -0.05) is 30.0 Å². The molecule has 9 heteroatoms. The van der Waals surface area contributed by atoms with Gasteiger partial charge in [-0.25, -0.2) is 4.98 Å². The van der Waals surface area contributed by atoms with Crippen molar-refractivity contribution in [1.82, 2.24) is 14.9 Å². The van der Waals surface area contributed by atoms with Crippen LogP contribution in [-0.4, -0.2) is 40.7 Å². The number of carbonyl (C=O) groups is 1. The lowest BCUT2D eigenvalue weighted by atomic mass is 10.2. The summed E-state index contributed by atoms with van der Waals surface area (Å²) in [6, 6.07) is 12.8. The molecule has 0 unspecified atom stereocenters. The zero-order valence-corrected chi connectivity index (χ0v) is 19.5. The normalized spacial score (nSPS) is 12.5. The molecule has 2 aromatic carbocycles. The van der Waals surface area contributed by atoms with Crippen LogP contribution in [0.3, 0.4) is 0 Å². The van der Waals surface area contributed by atoms with Crippen LogP contribution in [0.4, 0.5) is 0 Å². The Labute approximate surface area is 196 Å². The monoisotopic (exact) mass is 469 g/mol. The van der Waals surface area contributed by atoms with Crippen molar-refractivity contribution in [2.45, 2.75) is 44.6 Å². The standard InChI is InChI=1S/C24H27N3O5S/c1-16(2)30-11-5-10-27-23(29)18-6-3-4-7-19(18)26-24(27)33-14-22(28)25-13-17-8-9-20-21(12-17)32-15-31-20/h3-4,6-9,12,16H,5,10-11,13-15H2,1-2H3,(H,25,28). The van der Waals surface area contributed by atoms with Crippen LogP contribution < -0.4 is 20.3 Å². The van der Waals surface area contributed by atoms with Gasteiger partial charge in [-0.2, -0.15) is 0 Å². The summed E-state index contributed by atoms with van der Waals surface area (Å²) in [4.78, 5) is 30.2. The van der Waals surface area contributed by atoms with Gasteiger partial charge in [-0.3, -0.25) is 14.2 Å². The van der Waals surface area contributed by atoms with Gasteiger partial charge in [0.1, 0.15) is 0 Å². The minimum atomic E-state index is -0.144. The van der Waals surface area contributed by atoms with E-state index in [-0.39, 0.29) is 30.1 Å². The number of fused-ring (bicyclic) bond motifs is 2. The molecule has 33 heavy (non-hydrogen) atoms. The first-order chi connectivity index (χ1) is 16.0. The van der Waals surface area contributed by atoms with Crippen molar-refractivity contribution in [2.24, 2.45) is 0 Å². The molecule has 2 heterocycles. The van der Waals surface area contributed by atoms with Gasteiger partial charge < -0.3 is 19.5 Å². The van der Waals surface area contributed by atoms with Crippen molar-refractivity contribution < 1.29 is 19.0 Å². The van der Waals surface area contributed by atoms with Gasteiger partial charge in [0.2, 0.25) is 12.7 Å². The lowest BCUT2D eigenvalue weighted by Gasteiger charge is -2.14. The van der Waals surface area contributed by atoms with E-state index in [1.165, 1.54) is 11.8 Å². The van der Waals surface area contributed by atoms with Crippen molar-refractivity contribution in [2.75, 3.05) is 19.2 Å². The maximum Gasteiger partial charge on any atom is 0.262 e. The molecule has 1 aliphatic rings. The molecule has 0 fully saturated rings. The van der Waals surface area contributed by atoms with Crippen LogP contribution in [0, 0.1) is 0 Å². The van der Waals surface area contributed by atoms with E-state index in [9.17, 15) is 9.59 Å². The highest BCUT2D eigenvalue weighted by atomic mass is 32.2. The number of hydrogen-bond donors (Lipinski definition) is 1. The summed E-state index contributed by atoms with van der Waals surface area (Å²) in [6.45, 7) is 5.58. The number of thioether (sulfide) groups is 1. The summed E-state index contributed by atoms with van der Waals surface area (Å²) < 4.78 is 17.9. The molecule has 0 radical (unpaired) electrons. The Balaban J connectivity index is 1.41. The zero-order chi connectivity index (χ0) is 23.2. The summed E-state index contributed by atoms with van der Waals surface area (Å²) in [7, 11) is 0. The minimum absolute atomic E-state index is 0.103. The van der Waals surface area contributed by atoms with E-state index in [0.29, 0.717) is 53.7 Å². The number of aromatic nitrogens is 2. The van der Waals surface area contributed by atoms with E-state index >= 15 is 0 Å². The number of carbonyl (C=O) groups excluding carboxylic acids is 1. The molecule has 174 valence electrons. The van der Waals surface area contributed by atoms with E-state index in [1.807, 2.05) is 50.2 Å². The number of amides is 1. The van der Waals surface area contributed by atoms with Gasteiger partial charge in [-0.05, 0) is 50.1 Å². The van der Waals surface area contributed by atoms with Gasteiger partial charge >= 0.3 is 0 Å². The van der Waals surface area contributed by atoms with Crippen LogP contribution in [0.15, 0.2) is 52.4 Å². The second-order valence-corrected chi connectivity index (χ2v) is 8.84. The van der Waals surface area contributed by atoms with Gasteiger partial charge in [0, 0.05) is 19.7 Å². The Morgan fingerprint density at radius 1 is 1.21 bits per heavy atom. The largest absolute Gasteiger partial charge is 0.454 e. The van der Waals surface area contributed by atoms with E-state index in [4.69, 9.17) is 14.2 Å². The van der Waals surface area contributed by atoms with Crippen molar-refractivity contribution in [3.63, 3.8) is 0 Å². The lowest BCUT2D eigenvalue weighted by Crippen LogP contribution is -2.27. The van der Waals surface area contributed by atoms with Gasteiger partial charge in [-0.15, -0.1) is 0 Å². The van der Waals surface area contributed by atoms with Crippen LogP contribution in [0.5, 0.6) is 11.5 Å². The third-order valence-electron chi connectivity index (χ3n) is 5.06. The first-order valence-corrected chi connectivity index (χ1v) is 11.9. The predicted molar refractivity (Wildman–Crippen MR) is 127 cm³/mol. The molecule has 0 saturated carbocycles. The highest BCUT2D eigenvalue weighted by Gasteiger charge is 2.15. The van der Waals surface area contributed by atoms with Crippen molar-refractivity contribution >= 4 is 28.6 Å². The number of ether oxygens (including phenoxy) is 3. The van der Waals surface area contributed by atoms with E-state index in [2.05, 4.69) is 10.3 Å². The number of rotatable bonds is 10. The van der Waals surface area contributed by atoms with Crippen LogP contribution >= 0.6 is 11.8 Å². The highest BCUT2D eigenvalue weighted by Crippen LogP contribution is 2.32. The van der Waals surface area contributed by atoms with Gasteiger partial charge in [0.15, 0.2) is 16.7 Å². The van der Waals surface area contributed by atoms with E-state index < -0.39 is 0 Å². The summed E-state index contributed by atoms with van der Waals surface area (Å²) in [5.74, 6) is 1.40. The molecule has 1 amide bonds. The maximum absolute atomic E-state index is 13.1. The lowest BCUT2D eigenvalue weighted by molar-refractivity contribution is -0.118. The second-order valence-electron chi connectivity index (χ2n) is 7.89. The molecule has 8 nitrogen and oxygen atoms in total. The third-order valence-corrected chi connectivity index (χ3v) is 6.04. The summed E-state index contributed by atoms with van der Waals surface area (Å²) in [6.07, 6.45) is 0.820. The second kappa shape index (κ2) is 10.7. The van der Waals surface area contributed by atoms with Crippen molar-refractivity contribution in [3.8, 4) is 11.5 Å². The number of para-hydroxylation sites is 1. The van der Waals surface area contributed by atoms with Crippen LogP contribution in [0.2, 0.25) is 0 Å². The molecule has 1 N–H and O–H groups in total. The molecule has 3 aromatic rings. The van der Waals surface area contributed by atoms with Crippen molar-refractivity contribution in [3.05, 3.63) is 58.4 Å². The average molecular weight is 470 g/mol. The topological polar surface area (TPSA) is 91.7 Å². The first kappa shape index (κ1) is 23.1. The fraction of sp³-hybridized carbons (Fsp3) is 0.375. The Kier molecular flexibility index (Phi) is 7.51. The number of nitrogens with zero attached hydrogens (tertiary/aromatic N) is 2. The molecule has 4 rings (SSSR count). The molecule has 1 aliphatic heterocycles. The number of nitrogens with one attached hydrogen (secondary N) is 1. The van der Waals surface area contributed by atoms with Gasteiger partial charge in [0.05, 0.1) is 22.8 Å². The van der Waals surface area contributed by atoms with E-state index in [0.717, 1.165) is 5.56 Å². The minimum Gasteiger partial charge on any atom is -0.454 e.